The third kappa shape index (κ3) is 3.27. The molecule has 34 heavy (non-hydrogen) atoms. The van der Waals surface area contributed by atoms with E-state index in [1.807, 2.05) is 49.4 Å². The first kappa shape index (κ1) is 20.3. The quantitative estimate of drug-likeness (QED) is 0.343. The van der Waals surface area contributed by atoms with E-state index in [2.05, 4.69) is 10.1 Å². The molecule has 7 nitrogen and oxygen atoms in total. The van der Waals surface area contributed by atoms with Gasteiger partial charge in [-0.2, -0.15) is 9.50 Å². The van der Waals surface area contributed by atoms with Crippen molar-refractivity contribution in [3.05, 3.63) is 92.4 Å². The van der Waals surface area contributed by atoms with Crippen LogP contribution in [0.15, 0.2) is 74.3 Å². The molecule has 0 saturated heterocycles. The molecule has 0 amide bonds. The molecule has 2 aromatic carbocycles. The number of Topliss-reactive ketones (excluding diaryl/α,β-unsaturated/α-hetero) is 1. The van der Waals surface area contributed by atoms with Gasteiger partial charge in [-0.05, 0) is 32.0 Å². The Hall–Kier alpha value is -4.30. The molecule has 0 aliphatic heterocycles. The molecule has 6 aromatic rings. The predicted molar refractivity (Wildman–Crippen MR) is 130 cm³/mol. The normalized spacial score (nSPS) is 12.2. The molecule has 0 unspecified atom stereocenters. The monoisotopic (exact) mass is 467 g/mol. The molecule has 0 radical (unpaired) electrons. The van der Waals surface area contributed by atoms with Gasteiger partial charge >= 0.3 is 0 Å². The molecule has 0 aliphatic rings. The van der Waals surface area contributed by atoms with Gasteiger partial charge in [0.15, 0.2) is 11.5 Å². The summed E-state index contributed by atoms with van der Waals surface area (Å²) < 4.78 is 13.6. The number of fused-ring (bicyclic) bond motifs is 2. The molecule has 0 saturated carbocycles. The van der Waals surface area contributed by atoms with Crippen molar-refractivity contribution in [2.24, 2.45) is 0 Å². The van der Waals surface area contributed by atoms with Crippen LogP contribution in [-0.4, -0.2) is 20.4 Å². The second-order valence-electron chi connectivity index (χ2n) is 7.93. The molecular formula is C26H17N3O4S. The molecule has 0 atom stereocenters. The number of nitrogens with zero attached hydrogens (tertiary/aromatic N) is 3. The van der Waals surface area contributed by atoms with Gasteiger partial charge in [0.25, 0.3) is 5.56 Å². The van der Waals surface area contributed by atoms with Gasteiger partial charge in [-0.15, -0.1) is 5.10 Å². The summed E-state index contributed by atoms with van der Waals surface area (Å²) in [5.74, 6) is 2.15. The van der Waals surface area contributed by atoms with Crippen LogP contribution in [0.4, 0.5) is 0 Å². The van der Waals surface area contributed by atoms with Crippen molar-refractivity contribution >= 4 is 39.1 Å². The minimum atomic E-state index is -0.267. The van der Waals surface area contributed by atoms with Gasteiger partial charge < -0.3 is 8.83 Å². The number of thiazole rings is 1. The molecule has 8 heteroatoms. The van der Waals surface area contributed by atoms with E-state index < -0.39 is 0 Å². The molecule has 0 spiro atoms. The summed E-state index contributed by atoms with van der Waals surface area (Å²) in [6, 6.07) is 18.6. The number of benzene rings is 2. The van der Waals surface area contributed by atoms with Gasteiger partial charge in [0, 0.05) is 28.2 Å². The number of carbonyl (C=O) groups is 1. The van der Waals surface area contributed by atoms with Gasteiger partial charge in [-0.25, -0.2) is 0 Å². The maximum absolute atomic E-state index is 12.9. The Morgan fingerprint density at radius 2 is 1.82 bits per heavy atom. The van der Waals surface area contributed by atoms with E-state index >= 15 is 0 Å². The van der Waals surface area contributed by atoms with Crippen LogP contribution in [0.2, 0.25) is 0 Å². The maximum Gasteiger partial charge on any atom is 0.291 e. The first-order valence-electron chi connectivity index (χ1n) is 10.6. The number of para-hydroxylation sites is 1. The van der Waals surface area contributed by atoms with Crippen molar-refractivity contribution < 1.29 is 13.6 Å². The van der Waals surface area contributed by atoms with E-state index in [9.17, 15) is 9.59 Å². The summed E-state index contributed by atoms with van der Waals surface area (Å²) in [5.41, 5.74) is 2.92. The zero-order valence-electron chi connectivity index (χ0n) is 18.2. The zero-order valence-corrected chi connectivity index (χ0v) is 19.1. The largest absolute Gasteiger partial charge is 0.457 e. The van der Waals surface area contributed by atoms with Crippen molar-refractivity contribution in [1.82, 2.24) is 14.6 Å². The molecule has 6 rings (SSSR count). The number of hydrogen-bond acceptors (Lipinski definition) is 7. The lowest BCUT2D eigenvalue weighted by Gasteiger charge is -1.98. The Kier molecular flexibility index (Phi) is 4.56. The average Bonchev–Trinajstić information content (AvgIpc) is 3.60. The Morgan fingerprint density at radius 1 is 1.03 bits per heavy atom. The third-order valence-corrected chi connectivity index (χ3v) is 6.66. The topological polar surface area (TPSA) is 90.6 Å². The number of carbonyl (C=O) groups excluding carboxylic acids is 1. The molecule has 166 valence electrons. The number of furan rings is 2. The minimum absolute atomic E-state index is 0.0120. The number of aromatic nitrogens is 3. The van der Waals surface area contributed by atoms with E-state index in [-0.39, 0.29) is 11.3 Å². The fourth-order valence-corrected chi connectivity index (χ4v) is 4.79. The molecule has 0 bridgehead atoms. The number of aryl methyl sites for hydroxylation is 1. The Labute approximate surface area is 196 Å². The van der Waals surface area contributed by atoms with Gasteiger partial charge in [-0.3, -0.25) is 9.59 Å². The summed E-state index contributed by atoms with van der Waals surface area (Å²) in [6.45, 7) is 3.48. The molecule has 0 aliphatic carbocycles. The van der Waals surface area contributed by atoms with Gasteiger partial charge in [0.1, 0.15) is 21.6 Å². The van der Waals surface area contributed by atoms with Crippen LogP contribution in [-0.2, 0) is 0 Å². The zero-order chi connectivity index (χ0) is 23.4. The van der Waals surface area contributed by atoms with Gasteiger partial charge in [0.2, 0.25) is 10.8 Å². The fourth-order valence-electron chi connectivity index (χ4n) is 3.90. The third-order valence-electron chi connectivity index (χ3n) is 5.70. The second kappa shape index (κ2) is 7.64. The van der Waals surface area contributed by atoms with Crippen molar-refractivity contribution in [3.8, 4) is 22.9 Å². The SMILES string of the molecule is CC(=O)c1ccc(-c2ccc(/C=c3\sc4nc(-c5oc6ccccc6c5C)nn4c3=O)o2)cc1. The number of ketones is 1. The molecule has 0 N–H and O–H groups in total. The van der Waals surface area contributed by atoms with Crippen LogP contribution >= 0.6 is 11.3 Å². The van der Waals surface area contributed by atoms with Crippen molar-refractivity contribution in [2.45, 2.75) is 13.8 Å². The Balaban J connectivity index is 1.35. The second-order valence-corrected chi connectivity index (χ2v) is 8.94. The summed E-state index contributed by atoms with van der Waals surface area (Å²) in [6.07, 6.45) is 1.68. The number of rotatable bonds is 4. The van der Waals surface area contributed by atoms with Crippen LogP contribution in [0.25, 0.3) is 44.9 Å². The first-order valence-corrected chi connectivity index (χ1v) is 11.4. The van der Waals surface area contributed by atoms with E-state index in [1.165, 1.54) is 22.8 Å². The highest BCUT2D eigenvalue weighted by atomic mass is 32.1. The van der Waals surface area contributed by atoms with E-state index in [1.54, 1.807) is 24.3 Å². The van der Waals surface area contributed by atoms with E-state index in [4.69, 9.17) is 8.83 Å². The lowest BCUT2D eigenvalue weighted by Crippen LogP contribution is -2.23. The van der Waals surface area contributed by atoms with Gasteiger partial charge in [-0.1, -0.05) is 53.8 Å². The van der Waals surface area contributed by atoms with Crippen LogP contribution in [0.5, 0.6) is 0 Å². The van der Waals surface area contributed by atoms with Crippen LogP contribution < -0.4 is 10.1 Å². The Bertz CT molecular complexity index is 1820. The highest BCUT2D eigenvalue weighted by molar-refractivity contribution is 7.15. The van der Waals surface area contributed by atoms with Crippen molar-refractivity contribution in [3.63, 3.8) is 0 Å². The van der Waals surface area contributed by atoms with Crippen LogP contribution in [0.1, 0.15) is 28.6 Å². The molecular weight excluding hydrogens is 450 g/mol. The standard InChI is InChI=1S/C26H17N3O4S/c1-14-19-5-3-4-6-21(19)33-23(14)24-27-26-29(28-24)25(31)22(34-26)13-18-11-12-20(32-18)17-9-7-16(8-10-17)15(2)30/h3-13H,1-2H3/b22-13-. The minimum Gasteiger partial charge on any atom is -0.457 e. The fraction of sp³-hybridized carbons (Fsp3) is 0.0769. The van der Waals surface area contributed by atoms with Crippen LogP contribution in [0, 0.1) is 6.92 Å². The average molecular weight is 468 g/mol. The molecule has 0 fully saturated rings. The van der Waals surface area contributed by atoms with Crippen LogP contribution in [0.3, 0.4) is 0 Å². The highest BCUT2D eigenvalue weighted by Gasteiger charge is 2.19. The van der Waals surface area contributed by atoms with Crippen molar-refractivity contribution in [2.75, 3.05) is 0 Å². The van der Waals surface area contributed by atoms with Gasteiger partial charge in [0.05, 0.1) is 0 Å². The highest BCUT2D eigenvalue weighted by Crippen LogP contribution is 2.31. The summed E-state index contributed by atoms with van der Waals surface area (Å²) in [5, 5.41) is 5.40. The summed E-state index contributed by atoms with van der Waals surface area (Å²) in [4.78, 5) is 29.4. The smallest absolute Gasteiger partial charge is 0.291 e. The van der Waals surface area contributed by atoms with E-state index in [0.717, 1.165) is 22.1 Å². The summed E-state index contributed by atoms with van der Waals surface area (Å²) >= 11 is 1.24. The summed E-state index contributed by atoms with van der Waals surface area (Å²) in [7, 11) is 0. The van der Waals surface area contributed by atoms with Crippen molar-refractivity contribution in [1.29, 1.82) is 0 Å². The maximum atomic E-state index is 12.9. The Morgan fingerprint density at radius 3 is 2.56 bits per heavy atom. The van der Waals surface area contributed by atoms with E-state index in [0.29, 0.717) is 38.2 Å². The lowest BCUT2D eigenvalue weighted by molar-refractivity contribution is 0.101. The molecule has 4 heterocycles. The molecule has 4 aromatic heterocycles. The lowest BCUT2D eigenvalue weighted by atomic mass is 10.1. The number of hydrogen-bond donors (Lipinski definition) is 0. The predicted octanol–water partition coefficient (Wildman–Crippen LogP) is 4.88. The first-order chi connectivity index (χ1) is 16.5.